The predicted molar refractivity (Wildman–Crippen MR) is 113 cm³/mol. The predicted octanol–water partition coefficient (Wildman–Crippen LogP) is 3.79. The number of amides is 3. The van der Waals surface area contributed by atoms with E-state index in [2.05, 4.69) is 5.32 Å². The van der Waals surface area contributed by atoms with Crippen molar-refractivity contribution in [2.45, 2.75) is 0 Å². The minimum atomic E-state index is -0.770. The van der Waals surface area contributed by atoms with Crippen LogP contribution in [-0.2, 0) is 4.79 Å². The summed E-state index contributed by atoms with van der Waals surface area (Å²) in [7, 11) is 0. The number of ether oxygens (including phenoxy) is 1. The van der Waals surface area contributed by atoms with Gasteiger partial charge in [-0.15, -0.1) is 0 Å². The fourth-order valence-corrected chi connectivity index (χ4v) is 3.21. The Hall–Kier alpha value is -3.97. The van der Waals surface area contributed by atoms with Crippen molar-refractivity contribution in [3.63, 3.8) is 0 Å². The monoisotopic (exact) mass is 434 g/mol. The summed E-state index contributed by atoms with van der Waals surface area (Å²) in [6, 6.07) is 18.9. The molecule has 1 heterocycles. The zero-order valence-electron chi connectivity index (χ0n) is 16.0. The van der Waals surface area contributed by atoms with Gasteiger partial charge in [0, 0.05) is 16.3 Å². The van der Waals surface area contributed by atoms with Gasteiger partial charge in [-0.1, -0.05) is 23.7 Å². The van der Waals surface area contributed by atoms with E-state index in [1.807, 2.05) is 0 Å². The normalized spacial score (nSPS) is 12.5. The molecule has 0 unspecified atom stereocenters. The first kappa shape index (κ1) is 20.3. The summed E-state index contributed by atoms with van der Waals surface area (Å²) in [4.78, 5) is 50.1. The summed E-state index contributed by atoms with van der Waals surface area (Å²) >= 11 is 5.82. The average molecular weight is 435 g/mol. The van der Waals surface area contributed by atoms with Crippen molar-refractivity contribution in [1.29, 1.82) is 0 Å². The number of carbonyl (C=O) groups excluding carboxylic acids is 4. The van der Waals surface area contributed by atoms with Crippen molar-refractivity contribution in [3.8, 4) is 5.75 Å². The molecular weight excluding hydrogens is 420 g/mol. The molecule has 0 aromatic heterocycles. The molecule has 0 saturated heterocycles. The minimum Gasteiger partial charge on any atom is -0.425 e. The third kappa shape index (κ3) is 4.31. The quantitative estimate of drug-likeness (QED) is 0.374. The van der Waals surface area contributed by atoms with Gasteiger partial charge in [-0.05, 0) is 60.7 Å². The van der Waals surface area contributed by atoms with Crippen molar-refractivity contribution in [3.05, 3.63) is 94.5 Å². The van der Waals surface area contributed by atoms with Crippen LogP contribution in [0.25, 0.3) is 0 Å². The Labute approximate surface area is 182 Å². The highest BCUT2D eigenvalue weighted by molar-refractivity contribution is 6.30. The highest BCUT2D eigenvalue weighted by Gasteiger charge is 2.36. The van der Waals surface area contributed by atoms with Crippen LogP contribution in [0.1, 0.15) is 31.1 Å². The number of esters is 1. The summed E-state index contributed by atoms with van der Waals surface area (Å²) in [5.41, 5.74) is 1.47. The van der Waals surface area contributed by atoms with Gasteiger partial charge in [-0.25, -0.2) is 4.79 Å². The molecule has 4 rings (SSSR count). The number of benzene rings is 3. The molecule has 0 saturated carbocycles. The van der Waals surface area contributed by atoms with E-state index < -0.39 is 24.3 Å². The number of imide groups is 1. The molecule has 0 aliphatic carbocycles. The summed E-state index contributed by atoms with van der Waals surface area (Å²) in [6.07, 6.45) is 0. The molecular formula is C23H15ClN2O5. The van der Waals surface area contributed by atoms with E-state index >= 15 is 0 Å². The Morgan fingerprint density at radius 2 is 1.42 bits per heavy atom. The maximum absolute atomic E-state index is 12.3. The second-order valence-corrected chi connectivity index (χ2v) is 7.14. The van der Waals surface area contributed by atoms with Crippen molar-refractivity contribution in [1.82, 2.24) is 4.90 Å². The Morgan fingerprint density at radius 1 is 0.839 bits per heavy atom. The number of rotatable bonds is 5. The number of hydrogen-bond acceptors (Lipinski definition) is 5. The van der Waals surface area contributed by atoms with Crippen LogP contribution in [-0.4, -0.2) is 35.1 Å². The number of anilines is 1. The topological polar surface area (TPSA) is 92.8 Å². The van der Waals surface area contributed by atoms with E-state index in [-0.39, 0.29) is 22.8 Å². The fourth-order valence-electron chi connectivity index (χ4n) is 3.09. The molecule has 0 radical (unpaired) electrons. The van der Waals surface area contributed by atoms with Crippen LogP contribution >= 0.6 is 11.6 Å². The lowest BCUT2D eigenvalue weighted by molar-refractivity contribution is -0.134. The largest absolute Gasteiger partial charge is 0.425 e. The number of nitrogens with one attached hydrogen (secondary N) is 1. The van der Waals surface area contributed by atoms with Crippen molar-refractivity contribution < 1.29 is 23.9 Å². The molecule has 31 heavy (non-hydrogen) atoms. The van der Waals surface area contributed by atoms with Crippen LogP contribution in [0.4, 0.5) is 5.69 Å². The zero-order valence-corrected chi connectivity index (χ0v) is 16.8. The number of nitrogens with zero attached hydrogens (tertiary/aromatic N) is 1. The minimum absolute atomic E-state index is 0.185. The van der Waals surface area contributed by atoms with E-state index in [9.17, 15) is 19.2 Å². The molecule has 0 atom stereocenters. The molecule has 0 spiro atoms. The molecule has 0 fully saturated rings. The summed E-state index contributed by atoms with van der Waals surface area (Å²) in [5.74, 6) is -2.00. The van der Waals surface area contributed by atoms with Gasteiger partial charge in [0.2, 0.25) is 0 Å². The van der Waals surface area contributed by atoms with Crippen LogP contribution in [0.3, 0.4) is 0 Å². The maximum atomic E-state index is 12.3. The van der Waals surface area contributed by atoms with Gasteiger partial charge in [0.1, 0.15) is 12.3 Å². The van der Waals surface area contributed by atoms with Crippen LogP contribution in [0, 0.1) is 0 Å². The standard InChI is InChI=1S/C23H15ClN2O5/c24-15-7-9-16(10-8-15)25-21(28)14-5-11-17(12-6-14)31-20(27)13-26-22(29)18-3-1-2-4-19(18)23(26)30/h1-12H,13H2,(H,25,28). The van der Waals surface area contributed by atoms with Gasteiger partial charge in [0.15, 0.2) is 0 Å². The summed E-state index contributed by atoms with van der Waals surface area (Å²) < 4.78 is 5.21. The van der Waals surface area contributed by atoms with Crippen molar-refractivity contribution >= 4 is 41.0 Å². The molecule has 3 amide bonds. The number of fused-ring (bicyclic) bond motifs is 1. The van der Waals surface area contributed by atoms with Crippen LogP contribution in [0.15, 0.2) is 72.8 Å². The van der Waals surface area contributed by atoms with Crippen molar-refractivity contribution in [2.75, 3.05) is 11.9 Å². The summed E-state index contributed by atoms with van der Waals surface area (Å²) in [5, 5.41) is 3.29. The smallest absolute Gasteiger partial charge is 0.331 e. The van der Waals surface area contributed by atoms with Gasteiger partial charge >= 0.3 is 5.97 Å². The highest BCUT2D eigenvalue weighted by Crippen LogP contribution is 2.22. The Balaban J connectivity index is 1.36. The molecule has 7 nitrogen and oxygen atoms in total. The second-order valence-electron chi connectivity index (χ2n) is 6.70. The van der Waals surface area contributed by atoms with E-state index in [1.165, 1.54) is 36.4 Å². The highest BCUT2D eigenvalue weighted by atomic mass is 35.5. The third-order valence-electron chi connectivity index (χ3n) is 4.62. The number of carbonyl (C=O) groups is 4. The van der Waals surface area contributed by atoms with Crippen molar-refractivity contribution in [2.24, 2.45) is 0 Å². The molecule has 1 aliphatic rings. The summed E-state index contributed by atoms with van der Waals surface area (Å²) in [6.45, 7) is -0.509. The first-order valence-corrected chi connectivity index (χ1v) is 9.63. The maximum Gasteiger partial charge on any atom is 0.331 e. The lowest BCUT2D eigenvalue weighted by Crippen LogP contribution is -2.36. The SMILES string of the molecule is O=C(CN1C(=O)c2ccccc2C1=O)Oc1ccc(C(=O)Nc2ccc(Cl)cc2)cc1. The van der Waals surface area contributed by atoms with Gasteiger partial charge < -0.3 is 10.1 Å². The van der Waals surface area contributed by atoms with Gasteiger partial charge in [0.25, 0.3) is 17.7 Å². The van der Waals surface area contributed by atoms with E-state index in [4.69, 9.17) is 16.3 Å². The Bertz CT molecular complexity index is 1150. The van der Waals surface area contributed by atoms with E-state index in [1.54, 1.807) is 36.4 Å². The van der Waals surface area contributed by atoms with Gasteiger partial charge in [-0.2, -0.15) is 0 Å². The average Bonchev–Trinajstić information content (AvgIpc) is 3.01. The van der Waals surface area contributed by atoms with Gasteiger partial charge in [-0.3, -0.25) is 19.3 Å². The molecule has 154 valence electrons. The Morgan fingerprint density at radius 3 is 2.00 bits per heavy atom. The molecule has 1 N–H and O–H groups in total. The molecule has 3 aromatic rings. The lowest BCUT2D eigenvalue weighted by Gasteiger charge is -2.13. The van der Waals surface area contributed by atoms with E-state index in [0.29, 0.717) is 16.3 Å². The number of halogens is 1. The zero-order chi connectivity index (χ0) is 22.0. The van der Waals surface area contributed by atoms with E-state index in [0.717, 1.165) is 4.90 Å². The van der Waals surface area contributed by atoms with Crippen LogP contribution < -0.4 is 10.1 Å². The Kier molecular flexibility index (Phi) is 5.51. The molecule has 0 bridgehead atoms. The number of hydrogen-bond donors (Lipinski definition) is 1. The van der Waals surface area contributed by atoms with Crippen LogP contribution in [0.2, 0.25) is 5.02 Å². The first-order valence-electron chi connectivity index (χ1n) is 9.25. The lowest BCUT2D eigenvalue weighted by atomic mass is 10.1. The third-order valence-corrected chi connectivity index (χ3v) is 4.87. The first-order chi connectivity index (χ1) is 14.9. The second kappa shape index (κ2) is 8.41. The fraction of sp³-hybridized carbons (Fsp3) is 0.0435. The molecule has 3 aromatic carbocycles. The molecule has 1 aliphatic heterocycles. The van der Waals surface area contributed by atoms with Crippen LogP contribution in [0.5, 0.6) is 5.75 Å². The molecule has 8 heteroatoms. The van der Waals surface area contributed by atoms with Gasteiger partial charge in [0.05, 0.1) is 11.1 Å².